The molecule has 1 amide bonds. The van der Waals surface area contributed by atoms with Crippen molar-refractivity contribution in [2.24, 2.45) is 0 Å². The van der Waals surface area contributed by atoms with E-state index in [4.69, 9.17) is 9.84 Å². The molecule has 2 N–H and O–H groups in total. The zero-order valence-corrected chi connectivity index (χ0v) is 12.3. The lowest BCUT2D eigenvalue weighted by atomic mass is 10.1. The van der Waals surface area contributed by atoms with Gasteiger partial charge in [-0.2, -0.15) is 0 Å². The molecular weight excluding hydrogens is 254 g/mol. The molecule has 20 heavy (non-hydrogen) atoms. The number of allylic oxidation sites excluding steroid dienone is 1. The van der Waals surface area contributed by atoms with Crippen molar-refractivity contribution in [2.75, 3.05) is 13.7 Å². The lowest BCUT2D eigenvalue weighted by Gasteiger charge is -2.15. The molecular formula is C16H23NO3. The monoisotopic (exact) mass is 277 g/mol. The van der Waals surface area contributed by atoms with Gasteiger partial charge in [-0.3, -0.25) is 4.79 Å². The largest absolute Gasteiger partial charge is 0.496 e. The van der Waals surface area contributed by atoms with Gasteiger partial charge in [-0.1, -0.05) is 25.1 Å². The number of carbonyl (C=O) groups is 1. The highest BCUT2D eigenvalue weighted by molar-refractivity contribution is 5.95. The molecule has 0 aliphatic rings. The molecule has 0 saturated carbocycles. The van der Waals surface area contributed by atoms with Gasteiger partial charge in [0.15, 0.2) is 0 Å². The predicted molar refractivity (Wildman–Crippen MR) is 80.6 cm³/mol. The second-order valence-corrected chi connectivity index (χ2v) is 4.65. The van der Waals surface area contributed by atoms with Crippen LogP contribution < -0.4 is 10.1 Å². The fourth-order valence-corrected chi connectivity index (χ4v) is 2.02. The molecule has 110 valence electrons. The Morgan fingerprint density at radius 3 is 2.75 bits per heavy atom. The van der Waals surface area contributed by atoms with Gasteiger partial charge in [-0.05, 0) is 31.4 Å². The lowest BCUT2D eigenvalue weighted by Crippen LogP contribution is -2.33. The Balaban J connectivity index is 2.79. The molecule has 0 radical (unpaired) electrons. The van der Waals surface area contributed by atoms with Crippen molar-refractivity contribution in [1.82, 2.24) is 5.32 Å². The van der Waals surface area contributed by atoms with Gasteiger partial charge in [0.05, 0.1) is 7.11 Å². The molecule has 0 aromatic heterocycles. The number of rotatable bonds is 7. The van der Waals surface area contributed by atoms with E-state index in [-0.39, 0.29) is 18.6 Å². The molecule has 0 fully saturated rings. The van der Waals surface area contributed by atoms with E-state index in [1.807, 2.05) is 38.1 Å². The van der Waals surface area contributed by atoms with E-state index in [0.717, 1.165) is 23.3 Å². The third kappa shape index (κ3) is 4.70. The van der Waals surface area contributed by atoms with Gasteiger partial charge >= 0.3 is 0 Å². The zero-order valence-electron chi connectivity index (χ0n) is 12.3. The van der Waals surface area contributed by atoms with Crippen LogP contribution in [-0.2, 0) is 4.79 Å². The summed E-state index contributed by atoms with van der Waals surface area (Å²) in [4.78, 5) is 12.0. The minimum Gasteiger partial charge on any atom is -0.496 e. The molecule has 1 aromatic rings. The van der Waals surface area contributed by atoms with Crippen LogP contribution in [0.2, 0.25) is 0 Å². The summed E-state index contributed by atoms with van der Waals surface area (Å²) >= 11 is 0. The van der Waals surface area contributed by atoms with E-state index in [2.05, 4.69) is 5.32 Å². The number of amides is 1. The highest BCUT2D eigenvalue weighted by atomic mass is 16.5. The molecule has 0 saturated heterocycles. The smallest absolute Gasteiger partial charge is 0.244 e. The fraction of sp³-hybridized carbons (Fsp3) is 0.438. The maximum atomic E-state index is 12.0. The van der Waals surface area contributed by atoms with E-state index in [1.54, 1.807) is 13.2 Å². The average Bonchev–Trinajstić information content (AvgIpc) is 2.46. The zero-order chi connectivity index (χ0) is 15.0. The third-order valence-corrected chi connectivity index (χ3v) is 3.20. The van der Waals surface area contributed by atoms with Crippen molar-refractivity contribution in [2.45, 2.75) is 32.7 Å². The summed E-state index contributed by atoms with van der Waals surface area (Å²) < 4.78 is 5.28. The number of benzene rings is 1. The van der Waals surface area contributed by atoms with Gasteiger partial charge in [0.2, 0.25) is 5.91 Å². The van der Waals surface area contributed by atoms with Crippen LogP contribution in [0.1, 0.15) is 32.3 Å². The molecule has 1 rings (SSSR count). The number of para-hydroxylation sites is 1. The first-order valence-electron chi connectivity index (χ1n) is 6.85. The van der Waals surface area contributed by atoms with E-state index in [9.17, 15) is 4.79 Å². The summed E-state index contributed by atoms with van der Waals surface area (Å²) in [5, 5.41) is 11.8. The summed E-state index contributed by atoms with van der Waals surface area (Å²) in [6, 6.07) is 7.60. The van der Waals surface area contributed by atoms with Crippen LogP contribution in [0.15, 0.2) is 30.3 Å². The van der Waals surface area contributed by atoms with Gasteiger partial charge in [0.1, 0.15) is 5.75 Å². The highest BCUT2D eigenvalue weighted by Crippen LogP contribution is 2.24. The third-order valence-electron chi connectivity index (χ3n) is 3.20. The number of hydrogen-bond acceptors (Lipinski definition) is 3. The number of nitrogens with one attached hydrogen (secondary N) is 1. The maximum absolute atomic E-state index is 12.0. The normalized spacial score (nSPS) is 12.9. The quantitative estimate of drug-likeness (QED) is 0.752. The van der Waals surface area contributed by atoms with E-state index in [0.29, 0.717) is 6.42 Å². The maximum Gasteiger partial charge on any atom is 0.244 e. The number of aliphatic hydroxyl groups excluding tert-OH is 1. The first kappa shape index (κ1) is 16.2. The van der Waals surface area contributed by atoms with Gasteiger partial charge < -0.3 is 15.2 Å². The second-order valence-electron chi connectivity index (χ2n) is 4.65. The van der Waals surface area contributed by atoms with Crippen LogP contribution in [0.3, 0.4) is 0 Å². The molecule has 0 aliphatic carbocycles. The Bertz CT molecular complexity index is 469. The average molecular weight is 277 g/mol. The topological polar surface area (TPSA) is 58.6 Å². The van der Waals surface area contributed by atoms with Crippen LogP contribution in [0.4, 0.5) is 0 Å². The van der Waals surface area contributed by atoms with Crippen molar-refractivity contribution in [3.05, 3.63) is 35.9 Å². The van der Waals surface area contributed by atoms with Crippen molar-refractivity contribution in [3.8, 4) is 5.75 Å². The van der Waals surface area contributed by atoms with Crippen LogP contribution in [0, 0.1) is 0 Å². The fourth-order valence-electron chi connectivity index (χ4n) is 2.02. The first-order valence-corrected chi connectivity index (χ1v) is 6.85. The summed E-state index contributed by atoms with van der Waals surface area (Å²) in [5.41, 5.74) is 1.75. The second kappa shape index (κ2) is 8.38. The SMILES string of the molecule is CCC(CCO)NC(=O)/C=C(/C)c1ccccc1OC. The minimum absolute atomic E-state index is 0.00854. The molecule has 0 heterocycles. The summed E-state index contributed by atoms with van der Waals surface area (Å²) in [7, 11) is 1.61. The van der Waals surface area contributed by atoms with Crippen molar-refractivity contribution >= 4 is 11.5 Å². The van der Waals surface area contributed by atoms with Crippen LogP contribution >= 0.6 is 0 Å². The van der Waals surface area contributed by atoms with Crippen LogP contribution in [-0.4, -0.2) is 30.8 Å². The number of aliphatic hydroxyl groups is 1. The number of carbonyl (C=O) groups excluding carboxylic acids is 1. The van der Waals surface area contributed by atoms with Crippen molar-refractivity contribution < 1.29 is 14.6 Å². The number of methoxy groups -OCH3 is 1. The van der Waals surface area contributed by atoms with Gasteiger partial charge in [0.25, 0.3) is 0 Å². The van der Waals surface area contributed by atoms with Gasteiger partial charge in [-0.15, -0.1) is 0 Å². The molecule has 1 aromatic carbocycles. The molecule has 0 aliphatic heterocycles. The summed E-state index contributed by atoms with van der Waals surface area (Å²) in [6.45, 7) is 3.94. The highest BCUT2D eigenvalue weighted by Gasteiger charge is 2.10. The molecule has 0 spiro atoms. The molecule has 4 heteroatoms. The van der Waals surface area contributed by atoms with Crippen LogP contribution in [0.5, 0.6) is 5.75 Å². The van der Waals surface area contributed by atoms with Crippen molar-refractivity contribution in [1.29, 1.82) is 0 Å². The Kier molecular flexibility index (Phi) is 6.81. The van der Waals surface area contributed by atoms with E-state index in [1.165, 1.54) is 0 Å². The van der Waals surface area contributed by atoms with Crippen LogP contribution in [0.25, 0.3) is 5.57 Å². The number of ether oxygens (including phenoxy) is 1. The van der Waals surface area contributed by atoms with E-state index < -0.39 is 0 Å². The van der Waals surface area contributed by atoms with E-state index >= 15 is 0 Å². The molecule has 4 nitrogen and oxygen atoms in total. The standard InChI is InChI=1S/C16H23NO3/c1-4-13(9-10-18)17-16(19)11-12(2)14-7-5-6-8-15(14)20-3/h5-8,11,13,18H,4,9-10H2,1-3H3,(H,17,19)/b12-11-. The summed E-state index contributed by atoms with van der Waals surface area (Å²) in [6.07, 6.45) is 2.94. The van der Waals surface area contributed by atoms with Crippen molar-refractivity contribution in [3.63, 3.8) is 0 Å². The first-order chi connectivity index (χ1) is 9.62. The Labute approximate surface area is 120 Å². The molecule has 1 unspecified atom stereocenters. The molecule has 1 atom stereocenters. The van der Waals surface area contributed by atoms with Gasteiger partial charge in [-0.25, -0.2) is 0 Å². The van der Waals surface area contributed by atoms with Gasteiger partial charge in [0, 0.05) is 24.3 Å². The number of hydrogen-bond donors (Lipinski definition) is 2. The Morgan fingerprint density at radius 2 is 2.15 bits per heavy atom. The summed E-state index contributed by atoms with van der Waals surface area (Å²) in [5.74, 6) is 0.602. The molecule has 0 bridgehead atoms. The Hall–Kier alpha value is -1.81. The predicted octanol–water partition coefficient (Wildman–Crippen LogP) is 2.38. The minimum atomic E-state index is -0.145. The Morgan fingerprint density at radius 1 is 1.45 bits per heavy atom. The lowest BCUT2D eigenvalue weighted by molar-refractivity contribution is -0.117.